The minimum Gasteiger partial charge on any atom is -0.459 e. The summed E-state index contributed by atoms with van der Waals surface area (Å²) in [6.07, 6.45) is -4.54. The topological polar surface area (TPSA) is 94.4 Å². The standard InChI is InChI=1S/C22H24FNO6/c1-14-4-8-16(9-5-14)21(26)29-13-19(25)20(18(23)12-24-28-3)30-22(27)17-10-6-15(2)7-11-17/h4-12,18-20,25H,13H2,1-3H3/t18-,19-,20+/m1/s1. The van der Waals surface area contributed by atoms with E-state index in [0.717, 1.165) is 17.3 Å². The third-order valence-electron chi connectivity index (χ3n) is 4.20. The SMILES string of the molecule is CON=C[C@@H](F)[C@H](OC(=O)c1ccc(C)cc1)[C@H](O)COC(=O)c1ccc(C)cc1. The van der Waals surface area contributed by atoms with E-state index in [2.05, 4.69) is 9.99 Å². The van der Waals surface area contributed by atoms with Crippen LogP contribution in [0.25, 0.3) is 0 Å². The minimum absolute atomic E-state index is 0.185. The molecule has 0 aliphatic carbocycles. The van der Waals surface area contributed by atoms with Gasteiger partial charge in [-0.2, -0.15) is 0 Å². The van der Waals surface area contributed by atoms with Crippen LogP contribution in [0.1, 0.15) is 31.8 Å². The molecule has 0 aromatic heterocycles. The number of aryl methyl sites for hydroxylation is 2. The number of aliphatic hydroxyl groups excluding tert-OH is 1. The fraction of sp³-hybridized carbons (Fsp3) is 0.318. The second-order valence-electron chi connectivity index (χ2n) is 6.65. The third kappa shape index (κ3) is 6.66. The van der Waals surface area contributed by atoms with E-state index in [1.807, 2.05) is 13.8 Å². The Morgan fingerprint density at radius 3 is 2.00 bits per heavy atom. The quantitative estimate of drug-likeness (QED) is 0.383. The zero-order valence-corrected chi connectivity index (χ0v) is 16.9. The Hall–Kier alpha value is -3.26. The van der Waals surface area contributed by atoms with Gasteiger partial charge in [0, 0.05) is 0 Å². The van der Waals surface area contributed by atoms with Gasteiger partial charge in [0.25, 0.3) is 0 Å². The molecule has 0 fully saturated rings. The number of alkyl halides is 1. The van der Waals surface area contributed by atoms with Gasteiger partial charge in [-0.1, -0.05) is 40.5 Å². The number of oxime groups is 1. The largest absolute Gasteiger partial charge is 0.459 e. The van der Waals surface area contributed by atoms with Crippen molar-refractivity contribution in [3.63, 3.8) is 0 Å². The number of hydrogen-bond acceptors (Lipinski definition) is 7. The summed E-state index contributed by atoms with van der Waals surface area (Å²) in [7, 11) is 1.22. The molecule has 1 N–H and O–H groups in total. The van der Waals surface area contributed by atoms with Gasteiger partial charge >= 0.3 is 11.9 Å². The number of nitrogens with zero attached hydrogens (tertiary/aromatic N) is 1. The Morgan fingerprint density at radius 2 is 1.50 bits per heavy atom. The summed E-state index contributed by atoms with van der Waals surface area (Å²) in [5, 5.41) is 13.7. The molecule has 0 spiro atoms. The number of ether oxygens (including phenoxy) is 2. The van der Waals surface area contributed by atoms with Crippen molar-refractivity contribution < 1.29 is 33.4 Å². The molecule has 7 nitrogen and oxygen atoms in total. The molecule has 3 atom stereocenters. The van der Waals surface area contributed by atoms with Crippen molar-refractivity contribution in [2.75, 3.05) is 13.7 Å². The number of esters is 2. The van der Waals surface area contributed by atoms with E-state index in [-0.39, 0.29) is 11.1 Å². The maximum absolute atomic E-state index is 14.5. The number of benzene rings is 2. The van der Waals surface area contributed by atoms with Gasteiger partial charge in [0.05, 0.1) is 17.3 Å². The average Bonchev–Trinajstić information content (AvgIpc) is 2.74. The highest BCUT2D eigenvalue weighted by Gasteiger charge is 2.33. The molecule has 0 bridgehead atoms. The second-order valence-corrected chi connectivity index (χ2v) is 6.65. The number of carbonyl (C=O) groups excluding carboxylic acids is 2. The van der Waals surface area contributed by atoms with Crippen LogP contribution in [0, 0.1) is 13.8 Å². The molecule has 0 heterocycles. The molecule has 2 rings (SSSR count). The summed E-state index contributed by atoms with van der Waals surface area (Å²) in [6.45, 7) is 3.14. The fourth-order valence-corrected chi connectivity index (χ4v) is 2.47. The van der Waals surface area contributed by atoms with Gasteiger partial charge < -0.3 is 19.4 Å². The zero-order valence-electron chi connectivity index (χ0n) is 16.9. The van der Waals surface area contributed by atoms with Crippen molar-refractivity contribution in [1.82, 2.24) is 0 Å². The van der Waals surface area contributed by atoms with Gasteiger partial charge in [-0.3, -0.25) is 0 Å². The molecular formula is C22H24FNO6. The van der Waals surface area contributed by atoms with Crippen molar-refractivity contribution in [2.24, 2.45) is 5.16 Å². The summed E-state index contributed by atoms with van der Waals surface area (Å²) in [5.41, 5.74) is 2.36. The van der Waals surface area contributed by atoms with E-state index < -0.39 is 36.9 Å². The van der Waals surface area contributed by atoms with Crippen LogP contribution in [0.2, 0.25) is 0 Å². The van der Waals surface area contributed by atoms with Gasteiger partial charge in [0.2, 0.25) is 0 Å². The van der Waals surface area contributed by atoms with Crippen LogP contribution in [0.4, 0.5) is 4.39 Å². The van der Waals surface area contributed by atoms with Crippen LogP contribution < -0.4 is 0 Å². The van der Waals surface area contributed by atoms with Crippen LogP contribution >= 0.6 is 0 Å². The molecule has 0 amide bonds. The Labute approximate surface area is 174 Å². The van der Waals surface area contributed by atoms with E-state index in [1.54, 1.807) is 36.4 Å². The number of carbonyl (C=O) groups is 2. The highest BCUT2D eigenvalue weighted by Crippen LogP contribution is 2.14. The first-order valence-electron chi connectivity index (χ1n) is 9.22. The predicted octanol–water partition coefficient (Wildman–Crippen LogP) is 3.02. The summed E-state index contributed by atoms with van der Waals surface area (Å²) in [5.74, 6) is -1.53. The molecular weight excluding hydrogens is 393 g/mol. The molecule has 0 saturated carbocycles. The number of aliphatic hydroxyl groups is 1. The van der Waals surface area contributed by atoms with E-state index in [1.165, 1.54) is 19.2 Å². The summed E-state index contributed by atoms with van der Waals surface area (Å²) < 4.78 is 24.7. The van der Waals surface area contributed by atoms with Crippen molar-refractivity contribution in [3.05, 3.63) is 70.8 Å². The van der Waals surface area contributed by atoms with Crippen LogP contribution in [-0.2, 0) is 14.3 Å². The number of rotatable bonds is 9. The summed E-state index contributed by atoms with van der Waals surface area (Å²) in [6, 6.07) is 13.1. The molecule has 0 saturated heterocycles. The van der Waals surface area contributed by atoms with Crippen LogP contribution in [0.15, 0.2) is 53.7 Å². The van der Waals surface area contributed by atoms with Crippen molar-refractivity contribution in [3.8, 4) is 0 Å². The lowest BCUT2D eigenvalue weighted by Gasteiger charge is -2.24. The molecule has 0 unspecified atom stereocenters. The summed E-state index contributed by atoms with van der Waals surface area (Å²) >= 11 is 0. The maximum atomic E-state index is 14.5. The molecule has 8 heteroatoms. The molecule has 0 radical (unpaired) electrons. The van der Waals surface area contributed by atoms with Crippen LogP contribution in [0.3, 0.4) is 0 Å². The number of halogens is 1. The van der Waals surface area contributed by atoms with E-state index in [4.69, 9.17) is 9.47 Å². The lowest BCUT2D eigenvalue weighted by molar-refractivity contribution is -0.0594. The predicted molar refractivity (Wildman–Crippen MR) is 108 cm³/mol. The highest BCUT2D eigenvalue weighted by atomic mass is 19.1. The van der Waals surface area contributed by atoms with Gasteiger partial charge in [-0.15, -0.1) is 0 Å². The zero-order chi connectivity index (χ0) is 22.1. The minimum atomic E-state index is -1.99. The van der Waals surface area contributed by atoms with Crippen molar-refractivity contribution in [2.45, 2.75) is 32.2 Å². The highest BCUT2D eigenvalue weighted by molar-refractivity contribution is 5.90. The van der Waals surface area contributed by atoms with Gasteiger partial charge in [0.1, 0.15) is 19.8 Å². The maximum Gasteiger partial charge on any atom is 0.338 e. The smallest absolute Gasteiger partial charge is 0.338 e. The van der Waals surface area contributed by atoms with Gasteiger partial charge in [0.15, 0.2) is 12.3 Å². The molecule has 30 heavy (non-hydrogen) atoms. The van der Waals surface area contributed by atoms with Crippen LogP contribution in [-0.4, -0.2) is 55.4 Å². The molecule has 2 aromatic rings. The molecule has 0 aliphatic heterocycles. The normalized spacial score (nSPS) is 14.0. The molecule has 0 aliphatic rings. The molecule has 160 valence electrons. The van der Waals surface area contributed by atoms with Gasteiger partial charge in [-0.25, -0.2) is 14.0 Å². The van der Waals surface area contributed by atoms with Gasteiger partial charge in [-0.05, 0) is 38.1 Å². The Kier molecular flexibility index (Phi) is 8.49. The van der Waals surface area contributed by atoms with Crippen molar-refractivity contribution in [1.29, 1.82) is 0 Å². The Morgan fingerprint density at radius 1 is 1.00 bits per heavy atom. The Balaban J connectivity index is 2.07. The monoisotopic (exact) mass is 417 g/mol. The molecule has 2 aromatic carbocycles. The Bertz CT molecular complexity index is 866. The number of hydrogen-bond donors (Lipinski definition) is 1. The average molecular weight is 417 g/mol. The third-order valence-corrected chi connectivity index (χ3v) is 4.20. The first kappa shape index (κ1) is 23.0. The lowest BCUT2D eigenvalue weighted by atomic mass is 10.1. The van der Waals surface area contributed by atoms with E-state index in [9.17, 15) is 19.1 Å². The van der Waals surface area contributed by atoms with E-state index >= 15 is 0 Å². The fourth-order valence-electron chi connectivity index (χ4n) is 2.47. The second kappa shape index (κ2) is 11.1. The van der Waals surface area contributed by atoms with Crippen molar-refractivity contribution >= 4 is 18.2 Å². The summed E-state index contributed by atoms with van der Waals surface area (Å²) in [4.78, 5) is 28.9. The first-order valence-corrected chi connectivity index (χ1v) is 9.22. The van der Waals surface area contributed by atoms with E-state index in [0.29, 0.717) is 0 Å². The first-order chi connectivity index (χ1) is 14.3. The lowest BCUT2D eigenvalue weighted by Crippen LogP contribution is -2.43. The van der Waals surface area contributed by atoms with Crippen LogP contribution in [0.5, 0.6) is 0 Å².